The summed E-state index contributed by atoms with van der Waals surface area (Å²) in [6.07, 6.45) is 10.1. The fraction of sp³-hybridized carbons (Fsp3) is 1.00. The monoisotopic (exact) mass is 251 g/mol. The summed E-state index contributed by atoms with van der Waals surface area (Å²) in [6, 6.07) is 0. The molecule has 3 aliphatic rings. The third kappa shape index (κ3) is 1.92. The minimum atomic E-state index is 0.508. The van der Waals surface area contributed by atoms with Crippen molar-refractivity contribution in [1.29, 1.82) is 0 Å². The summed E-state index contributed by atoms with van der Waals surface area (Å²) in [5.74, 6) is 1.80. The van der Waals surface area contributed by atoms with Crippen molar-refractivity contribution in [3.05, 3.63) is 0 Å². The molecule has 18 heavy (non-hydrogen) atoms. The number of rotatable bonds is 6. The van der Waals surface area contributed by atoms with Crippen molar-refractivity contribution < 1.29 is 4.74 Å². The second kappa shape index (κ2) is 5.13. The molecule has 0 aromatic carbocycles. The highest BCUT2D eigenvalue weighted by Crippen LogP contribution is 2.56. The maximum atomic E-state index is 6.24. The largest absolute Gasteiger partial charge is 0.377 e. The van der Waals surface area contributed by atoms with Gasteiger partial charge in [-0.15, -0.1) is 0 Å². The lowest BCUT2D eigenvalue weighted by molar-refractivity contribution is 0.0262. The molecule has 2 nitrogen and oxygen atoms in total. The van der Waals surface area contributed by atoms with Gasteiger partial charge in [-0.25, -0.2) is 0 Å². The van der Waals surface area contributed by atoms with Crippen LogP contribution in [0.5, 0.6) is 0 Å². The van der Waals surface area contributed by atoms with Crippen molar-refractivity contribution >= 4 is 0 Å². The van der Waals surface area contributed by atoms with Crippen LogP contribution in [0.25, 0.3) is 0 Å². The highest BCUT2D eigenvalue weighted by Gasteiger charge is 2.60. The summed E-state index contributed by atoms with van der Waals surface area (Å²) >= 11 is 0. The maximum Gasteiger partial charge on any atom is 0.0747 e. The van der Waals surface area contributed by atoms with E-state index in [1.165, 1.54) is 58.0 Å². The smallest absolute Gasteiger partial charge is 0.0747 e. The zero-order valence-electron chi connectivity index (χ0n) is 12.2. The Morgan fingerprint density at radius 2 is 2.06 bits per heavy atom. The van der Waals surface area contributed by atoms with Gasteiger partial charge in [-0.2, -0.15) is 0 Å². The molecular formula is C16H29NO. The molecule has 0 aromatic heterocycles. The summed E-state index contributed by atoms with van der Waals surface area (Å²) in [7, 11) is 0. The average Bonchev–Trinajstić information content (AvgIpc) is 2.94. The van der Waals surface area contributed by atoms with E-state index in [4.69, 9.17) is 4.74 Å². The normalized spacial score (nSPS) is 42.7. The molecule has 104 valence electrons. The van der Waals surface area contributed by atoms with Gasteiger partial charge in [0.1, 0.15) is 0 Å². The summed E-state index contributed by atoms with van der Waals surface area (Å²) in [6.45, 7) is 8.32. The lowest BCUT2D eigenvalue weighted by Crippen LogP contribution is -2.41. The van der Waals surface area contributed by atoms with Gasteiger partial charge in [-0.05, 0) is 45.1 Å². The van der Waals surface area contributed by atoms with Gasteiger partial charge in [0.2, 0.25) is 0 Å². The van der Waals surface area contributed by atoms with Crippen LogP contribution >= 0.6 is 0 Å². The SMILES string of the molecule is CCCCCCO[C@H]1CN2CC[C@@H]3CC[C@H]1[C@@]32C. The second-order valence-corrected chi connectivity index (χ2v) is 6.81. The van der Waals surface area contributed by atoms with Crippen LogP contribution in [0.3, 0.4) is 0 Å². The first-order valence-electron chi connectivity index (χ1n) is 8.13. The Morgan fingerprint density at radius 1 is 1.17 bits per heavy atom. The van der Waals surface area contributed by atoms with Gasteiger partial charge < -0.3 is 4.74 Å². The summed E-state index contributed by atoms with van der Waals surface area (Å²) in [5.41, 5.74) is 0.508. The second-order valence-electron chi connectivity index (χ2n) is 6.81. The van der Waals surface area contributed by atoms with Crippen LogP contribution in [-0.4, -0.2) is 36.2 Å². The van der Waals surface area contributed by atoms with Gasteiger partial charge in [0.15, 0.2) is 0 Å². The first-order valence-corrected chi connectivity index (χ1v) is 8.13. The van der Waals surface area contributed by atoms with Crippen LogP contribution in [0.1, 0.15) is 58.8 Å². The van der Waals surface area contributed by atoms with Gasteiger partial charge in [0.25, 0.3) is 0 Å². The Morgan fingerprint density at radius 3 is 2.89 bits per heavy atom. The standard InChI is InChI=1S/C16H29NO/c1-3-4-5-6-11-18-15-12-17-10-9-13-7-8-14(15)16(13,17)2/h13-15H,3-12H2,1-2H3/t13-,14+,15-,16+/m0/s1. The highest BCUT2D eigenvalue weighted by molar-refractivity contribution is 5.14. The fourth-order valence-corrected chi connectivity index (χ4v) is 4.88. The van der Waals surface area contributed by atoms with Gasteiger partial charge >= 0.3 is 0 Å². The van der Waals surface area contributed by atoms with Crippen molar-refractivity contribution in [3.8, 4) is 0 Å². The van der Waals surface area contributed by atoms with Crippen LogP contribution in [-0.2, 0) is 4.74 Å². The van der Waals surface area contributed by atoms with Gasteiger partial charge in [-0.1, -0.05) is 26.2 Å². The van der Waals surface area contributed by atoms with E-state index < -0.39 is 0 Å². The Labute approximate surface area is 112 Å². The zero-order valence-corrected chi connectivity index (χ0v) is 12.2. The molecule has 0 amide bonds. The fourth-order valence-electron chi connectivity index (χ4n) is 4.88. The molecule has 1 aliphatic carbocycles. The van der Waals surface area contributed by atoms with Crippen LogP contribution in [0.4, 0.5) is 0 Å². The number of unbranched alkanes of at least 4 members (excludes halogenated alkanes) is 3. The predicted molar refractivity (Wildman–Crippen MR) is 74.7 cm³/mol. The Kier molecular flexibility index (Phi) is 3.68. The maximum absolute atomic E-state index is 6.24. The molecule has 0 radical (unpaired) electrons. The third-order valence-electron chi connectivity index (χ3n) is 6.01. The van der Waals surface area contributed by atoms with E-state index in [0.29, 0.717) is 11.6 Å². The van der Waals surface area contributed by atoms with Gasteiger partial charge in [0.05, 0.1) is 6.10 Å². The molecule has 3 rings (SSSR count). The molecule has 0 aromatic rings. The Hall–Kier alpha value is -0.0800. The lowest BCUT2D eigenvalue weighted by Gasteiger charge is -2.32. The van der Waals surface area contributed by atoms with Gasteiger partial charge in [0, 0.05) is 24.6 Å². The van der Waals surface area contributed by atoms with E-state index in [9.17, 15) is 0 Å². The summed E-state index contributed by atoms with van der Waals surface area (Å²) < 4.78 is 6.24. The van der Waals surface area contributed by atoms with Crippen molar-refractivity contribution in [3.63, 3.8) is 0 Å². The first kappa shape index (κ1) is 12.9. The summed E-state index contributed by atoms with van der Waals surface area (Å²) in [5, 5.41) is 0. The number of hydrogen-bond acceptors (Lipinski definition) is 2. The minimum absolute atomic E-state index is 0.508. The number of nitrogens with zero attached hydrogens (tertiary/aromatic N) is 1. The topological polar surface area (TPSA) is 12.5 Å². The van der Waals surface area contributed by atoms with Gasteiger partial charge in [-0.3, -0.25) is 4.90 Å². The van der Waals surface area contributed by atoms with E-state index in [-0.39, 0.29) is 0 Å². The van der Waals surface area contributed by atoms with Crippen LogP contribution < -0.4 is 0 Å². The van der Waals surface area contributed by atoms with Crippen molar-refractivity contribution in [2.24, 2.45) is 11.8 Å². The van der Waals surface area contributed by atoms with E-state index >= 15 is 0 Å². The van der Waals surface area contributed by atoms with Crippen LogP contribution in [0.2, 0.25) is 0 Å². The molecule has 1 saturated carbocycles. The predicted octanol–water partition coefficient (Wildman–Crippen LogP) is 3.46. The average molecular weight is 251 g/mol. The van der Waals surface area contributed by atoms with E-state index in [1.807, 2.05) is 0 Å². The summed E-state index contributed by atoms with van der Waals surface area (Å²) in [4.78, 5) is 2.74. The van der Waals surface area contributed by atoms with Crippen molar-refractivity contribution in [2.75, 3.05) is 19.7 Å². The van der Waals surface area contributed by atoms with Crippen LogP contribution in [0, 0.1) is 11.8 Å². The number of hydrogen-bond donors (Lipinski definition) is 0. The quantitative estimate of drug-likeness (QED) is 0.670. The van der Waals surface area contributed by atoms with E-state index in [0.717, 1.165) is 18.4 Å². The van der Waals surface area contributed by atoms with E-state index in [2.05, 4.69) is 18.7 Å². The molecule has 0 unspecified atom stereocenters. The Balaban J connectivity index is 1.51. The zero-order chi connectivity index (χ0) is 12.6. The molecule has 0 N–H and O–H groups in total. The molecule has 0 bridgehead atoms. The molecule has 0 spiro atoms. The number of ether oxygens (including phenoxy) is 1. The molecule has 2 heteroatoms. The lowest BCUT2D eigenvalue weighted by atomic mass is 9.84. The first-order chi connectivity index (χ1) is 8.76. The third-order valence-corrected chi connectivity index (χ3v) is 6.01. The van der Waals surface area contributed by atoms with Crippen molar-refractivity contribution in [1.82, 2.24) is 4.90 Å². The Bertz CT molecular complexity index is 293. The highest BCUT2D eigenvalue weighted by atomic mass is 16.5. The minimum Gasteiger partial charge on any atom is -0.377 e. The molecular weight excluding hydrogens is 222 g/mol. The molecule has 2 heterocycles. The molecule has 3 fully saturated rings. The van der Waals surface area contributed by atoms with E-state index in [1.54, 1.807) is 0 Å². The van der Waals surface area contributed by atoms with Crippen LogP contribution in [0.15, 0.2) is 0 Å². The molecule has 2 saturated heterocycles. The molecule has 2 aliphatic heterocycles. The van der Waals surface area contributed by atoms with Crippen molar-refractivity contribution in [2.45, 2.75) is 70.4 Å². The molecule has 4 atom stereocenters.